The molecule has 1 aliphatic heterocycles. The molecule has 0 amide bonds. The largest absolute Gasteiger partial charge is 0.490 e. The summed E-state index contributed by atoms with van der Waals surface area (Å²) in [7, 11) is 1.32. The van der Waals surface area contributed by atoms with E-state index >= 15 is 0 Å². The van der Waals surface area contributed by atoms with Crippen LogP contribution in [-0.2, 0) is 0 Å². The summed E-state index contributed by atoms with van der Waals surface area (Å²) in [5, 5.41) is 10.8. The summed E-state index contributed by atoms with van der Waals surface area (Å²) in [5.41, 5.74) is 0.476. The zero-order valence-electron chi connectivity index (χ0n) is 11.4. The number of nitro benzene ring substituents is 1. The molecule has 0 radical (unpaired) electrons. The Labute approximate surface area is 119 Å². The molecule has 1 aliphatic rings. The Morgan fingerprint density at radius 3 is 2.43 bits per heavy atom. The van der Waals surface area contributed by atoms with Crippen molar-refractivity contribution in [1.82, 2.24) is 0 Å². The molecule has 1 heterocycles. The summed E-state index contributed by atoms with van der Waals surface area (Å²) in [4.78, 5) is 12.0. The Morgan fingerprint density at radius 2 is 1.95 bits per heavy atom. The van der Waals surface area contributed by atoms with Gasteiger partial charge in [-0.3, -0.25) is 10.1 Å². The number of hydrogen-bond acceptors (Lipinski definition) is 4. The molecule has 0 bridgehead atoms. The van der Waals surface area contributed by atoms with Gasteiger partial charge in [0.05, 0.1) is 18.0 Å². The minimum absolute atomic E-state index is 0.0306. The lowest BCUT2D eigenvalue weighted by molar-refractivity contribution is -0.385. The van der Waals surface area contributed by atoms with Gasteiger partial charge < -0.3 is 9.64 Å². The summed E-state index contributed by atoms with van der Waals surface area (Å²) in [6, 6.07) is 4.34. The van der Waals surface area contributed by atoms with Gasteiger partial charge in [0.25, 0.3) is 0 Å². The number of ether oxygens (including phenoxy) is 1. The Balaban J connectivity index is 2.12. The molecule has 0 atom stereocenters. The normalized spacial score (nSPS) is 16.9. The fraction of sp³-hybridized carbons (Fsp3) is 0.538. The summed E-state index contributed by atoms with van der Waals surface area (Å²) < 4.78 is 42.8. The second-order valence-corrected chi connectivity index (χ2v) is 4.92. The van der Waals surface area contributed by atoms with E-state index in [4.69, 9.17) is 4.74 Å². The number of benzene rings is 1. The number of halogens is 3. The van der Waals surface area contributed by atoms with Crippen molar-refractivity contribution in [3.05, 3.63) is 28.3 Å². The smallest absolute Gasteiger partial charge is 0.391 e. The number of methoxy groups -OCH3 is 1. The molecule has 0 aliphatic carbocycles. The van der Waals surface area contributed by atoms with E-state index in [1.165, 1.54) is 25.3 Å². The number of anilines is 1. The molecule has 21 heavy (non-hydrogen) atoms. The van der Waals surface area contributed by atoms with Crippen LogP contribution in [0.4, 0.5) is 24.5 Å². The van der Waals surface area contributed by atoms with E-state index in [1.54, 1.807) is 4.90 Å². The predicted octanol–water partition coefficient (Wildman–Crippen LogP) is 3.38. The van der Waals surface area contributed by atoms with E-state index in [-0.39, 0.29) is 37.4 Å². The Kier molecular flexibility index (Phi) is 4.24. The van der Waals surface area contributed by atoms with Crippen molar-refractivity contribution < 1.29 is 22.8 Å². The lowest BCUT2D eigenvalue weighted by Crippen LogP contribution is -2.39. The molecule has 5 nitrogen and oxygen atoms in total. The minimum Gasteiger partial charge on any atom is -0.490 e. The quantitative estimate of drug-likeness (QED) is 0.634. The molecular weight excluding hydrogens is 289 g/mol. The van der Waals surface area contributed by atoms with E-state index in [2.05, 4.69) is 0 Å². The maximum absolute atomic E-state index is 12.6. The van der Waals surface area contributed by atoms with Crippen LogP contribution in [0.2, 0.25) is 0 Å². The van der Waals surface area contributed by atoms with Gasteiger partial charge in [0.1, 0.15) is 0 Å². The zero-order chi connectivity index (χ0) is 15.6. The van der Waals surface area contributed by atoms with E-state index in [9.17, 15) is 23.3 Å². The molecule has 1 saturated heterocycles. The molecule has 1 aromatic rings. The van der Waals surface area contributed by atoms with Crippen molar-refractivity contribution in [2.75, 3.05) is 25.1 Å². The van der Waals surface area contributed by atoms with Crippen molar-refractivity contribution in [3.63, 3.8) is 0 Å². The second-order valence-electron chi connectivity index (χ2n) is 4.92. The molecule has 1 aromatic carbocycles. The first-order chi connectivity index (χ1) is 9.82. The first-order valence-electron chi connectivity index (χ1n) is 6.47. The standard InChI is InChI=1S/C13H15F3N2O3/c1-21-12-8-10(2-3-11(12)18(19)20)17-6-4-9(5-7-17)13(14,15)16/h2-3,8-9H,4-7H2,1H3. The highest BCUT2D eigenvalue weighted by atomic mass is 19.4. The second kappa shape index (κ2) is 5.79. The molecule has 0 unspecified atom stereocenters. The van der Waals surface area contributed by atoms with Crippen molar-refractivity contribution in [2.45, 2.75) is 19.0 Å². The van der Waals surface area contributed by atoms with Crippen LogP contribution in [-0.4, -0.2) is 31.3 Å². The third kappa shape index (κ3) is 3.37. The highest BCUT2D eigenvalue weighted by Crippen LogP contribution is 2.37. The van der Waals surface area contributed by atoms with Crippen LogP contribution in [0.5, 0.6) is 5.75 Å². The van der Waals surface area contributed by atoms with E-state index in [0.717, 1.165) is 0 Å². The first kappa shape index (κ1) is 15.4. The van der Waals surface area contributed by atoms with Crippen LogP contribution in [0.3, 0.4) is 0 Å². The number of hydrogen-bond donors (Lipinski definition) is 0. The third-order valence-electron chi connectivity index (χ3n) is 3.68. The van der Waals surface area contributed by atoms with Gasteiger partial charge in [-0.25, -0.2) is 0 Å². The average molecular weight is 304 g/mol. The van der Waals surface area contributed by atoms with Crippen molar-refractivity contribution in [3.8, 4) is 5.75 Å². The molecule has 116 valence electrons. The summed E-state index contributed by atoms with van der Waals surface area (Å²) in [6.45, 7) is 0.538. The highest BCUT2D eigenvalue weighted by Gasteiger charge is 2.41. The van der Waals surface area contributed by atoms with Gasteiger partial charge in [-0.1, -0.05) is 0 Å². The van der Waals surface area contributed by atoms with Crippen LogP contribution in [0.1, 0.15) is 12.8 Å². The van der Waals surface area contributed by atoms with Crippen molar-refractivity contribution in [2.24, 2.45) is 5.92 Å². The molecule has 0 N–H and O–H groups in total. The number of piperidine rings is 1. The zero-order valence-corrected chi connectivity index (χ0v) is 11.4. The molecule has 0 aromatic heterocycles. The van der Waals surface area contributed by atoms with Crippen LogP contribution >= 0.6 is 0 Å². The number of nitro groups is 1. The molecule has 0 spiro atoms. The Bertz CT molecular complexity index is 526. The molecule has 0 saturated carbocycles. The van der Waals surface area contributed by atoms with Gasteiger partial charge in [-0.2, -0.15) is 13.2 Å². The van der Waals surface area contributed by atoms with Crippen LogP contribution in [0.15, 0.2) is 18.2 Å². The van der Waals surface area contributed by atoms with Crippen molar-refractivity contribution >= 4 is 11.4 Å². The van der Waals surface area contributed by atoms with Crippen LogP contribution in [0, 0.1) is 16.0 Å². The molecule has 1 fully saturated rings. The fourth-order valence-electron chi connectivity index (χ4n) is 2.48. The Morgan fingerprint density at radius 1 is 1.33 bits per heavy atom. The Hall–Kier alpha value is -1.99. The SMILES string of the molecule is COc1cc(N2CCC(C(F)(F)F)CC2)ccc1[N+](=O)[O-]. The number of alkyl halides is 3. The van der Waals surface area contributed by atoms with Crippen molar-refractivity contribution in [1.29, 1.82) is 0 Å². The van der Waals surface area contributed by atoms with Gasteiger partial charge in [-0.15, -0.1) is 0 Å². The van der Waals surface area contributed by atoms with Gasteiger partial charge >= 0.3 is 11.9 Å². The highest BCUT2D eigenvalue weighted by molar-refractivity contribution is 5.59. The van der Waals surface area contributed by atoms with Gasteiger partial charge in [0, 0.05) is 30.9 Å². The van der Waals surface area contributed by atoms with Gasteiger partial charge in [0.2, 0.25) is 0 Å². The van der Waals surface area contributed by atoms with Gasteiger partial charge in [-0.05, 0) is 18.9 Å². The monoisotopic (exact) mass is 304 g/mol. The lowest BCUT2D eigenvalue weighted by atomic mass is 9.96. The number of nitrogens with zero attached hydrogens (tertiary/aromatic N) is 2. The predicted molar refractivity (Wildman–Crippen MR) is 70.6 cm³/mol. The number of rotatable bonds is 3. The third-order valence-corrected chi connectivity index (χ3v) is 3.68. The van der Waals surface area contributed by atoms with E-state index < -0.39 is 17.0 Å². The summed E-state index contributed by atoms with van der Waals surface area (Å²) in [5.74, 6) is -1.16. The van der Waals surface area contributed by atoms with Crippen LogP contribution < -0.4 is 9.64 Å². The molecule has 8 heteroatoms. The van der Waals surface area contributed by atoms with E-state index in [1.807, 2.05) is 0 Å². The first-order valence-corrected chi connectivity index (χ1v) is 6.47. The summed E-state index contributed by atoms with van der Waals surface area (Å²) in [6.07, 6.45) is -4.09. The average Bonchev–Trinajstić information content (AvgIpc) is 2.45. The fourth-order valence-corrected chi connectivity index (χ4v) is 2.48. The molecule has 2 rings (SSSR count). The van der Waals surface area contributed by atoms with Crippen LogP contribution in [0.25, 0.3) is 0 Å². The maximum Gasteiger partial charge on any atom is 0.391 e. The topological polar surface area (TPSA) is 55.6 Å². The van der Waals surface area contributed by atoms with E-state index in [0.29, 0.717) is 5.69 Å². The molecular formula is C13H15F3N2O3. The van der Waals surface area contributed by atoms with Gasteiger partial charge in [0.15, 0.2) is 5.75 Å². The maximum atomic E-state index is 12.6. The minimum atomic E-state index is -4.15. The summed E-state index contributed by atoms with van der Waals surface area (Å²) >= 11 is 0. The lowest BCUT2D eigenvalue weighted by Gasteiger charge is -2.34.